The molecule has 0 aliphatic rings. The Morgan fingerprint density at radius 3 is 2.68 bits per heavy atom. The molecule has 2 aromatic rings. The van der Waals surface area contributed by atoms with Crippen LogP contribution in [0.15, 0.2) is 41.3 Å². The number of phenolic OH excluding ortho intramolecular Hbond substituents is 1. The van der Waals surface area contributed by atoms with Gasteiger partial charge in [0.15, 0.2) is 0 Å². The van der Waals surface area contributed by atoms with Crippen LogP contribution in [0.2, 0.25) is 0 Å². The molecule has 0 aliphatic heterocycles. The second-order valence-electron chi connectivity index (χ2n) is 4.16. The summed E-state index contributed by atoms with van der Waals surface area (Å²) < 4.78 is 4.61. The number of benzene rings is 2. The lowest BCUT2D eigenvalue weighted by atomic mass is 10.1. The average molecular weight is 276 g/mol. The third-order valence-electron chi connectivity index (χ3n) is 2.87. The number of aromatic hydroxyl groups is 1. The third-order valence-corrected chi connectivity index (χ3v) is 4.03. The van der Waals surface area contributed by atoms with E-state index in [1.54, 1.807) is 17.8 Å². The van der Waals surface area contributed by atoms with E-state index in [0.29, 0.717) is 12.2 Å². The van der Waals surface area contributed by atoms with Crippen molar-refractivity contribution in [2.45, 2.75) is 17.7 Å². The number of esters is 1. The van der Waals surface area contributed by atoms with Gasteiger partial charge in [0.25, 0.3) is 0 Å². The maximum atomic E-state index is 11.0. The number of phenols is 1. The average Bonchev–Trinajstić information content (AvgIpc) is 2.45. The number of thioether (sulfide) groups is 1. The van der Waals surface area contributed by atoms with Gasteiger partial charge in [0.05, 0.1) is 7.11 Å². The lowest BCUT2D eigenvalue weighted by Crippen LogP contribution is -1.99. The van der Waals surface area contributed by atoms with Crippen molar-refractivity contribution >= 4 is 28.5 Å². The molecule has 0 spiro atoms. The van der Waals surface area contributed by atoms with Crippen molar-refractivity contribution in [1.82, 2.24) is 0 Å². The van der Waals surface area contributed by atoms with Gasteiger partial charge >= 0.3 is 5.97 Å². The molecule has 0 heterocycles. The van der Waals surface area contributed by atoms with Gasteiger partial charge in [-0.3, -0.25) is 4.79 Å². The van der Waals surface area contributed by atoms with Crippen LogP contribution in [0.1, 0.15) is 12.8 Å². The van der Waals surface area contributed by atoms with Crippen LogP contribution in [0, 0.1) is 0 Å². The molecule has 0 saturated heterocycles. The van der Waals surface area contributed by atoms with Crippen molar-refractivity contribution in [3.8, 4) is 5.75 Å². The maximum absolute atomic E-state index is 11.0. The van der Waals surface area contributed by atoms with E-state index in [1.165, 1.54) is 7.11 Å². The van der Waals surface area contributed by atoms with Crippen molar-refractivity contribution < 1.29 is 14.6 Å². The summed E-state index contributed by atoms with van der Waals surface area (Å²) in [6, 6.07) is 11.4. The molecule has 0 bridgehead atoms. The minimum atomic E-state index is -0.170. The largest absolute Gasteiger partial charge is 0.507 e. The van der Waals surface area contributed by atoms with Crippen LogP contribution >= 0.6 is 11.8 Å². The first-order chi connectivity index (χ1) is 9.22. The fourth-order valence-electron chi connectivity index (χ4n) is 1.88. The topological polar surface area (TPSA) is 46.5 Å². The quantitative estimate of drug-likeness (QED) is 0.515. The molecule has 0 aliphatic carbocycles. The summed E-state index contributed by atoms with van der Waals surface area (Å²) in [5.41, 5.74) is 0. The highest BCUT2D eigenvalue weighted by Gasteiger charge is 2.06. The Labute approximate surface area is 116 Å². The number of hydrogen-bond acceptors (Lipinski definition) is 4. The first-order valence-electron chi connectivity index (χ1n) is 6.12. The summed E-state index contributed by atoms with van der Waals surface area (Å²) in [7, 11) is 1.41. The van der Waals surface area contributed by atoms with E-state index >= 15 is 0 Å². The van der Waals surface area contributed by atoms with Gasteiger partial charge in [-0.15, -0.1) is 11.8 Å². The Kier molecular flexibility index (Phi) is 4.68. The highest BCUT2D eigenvalue weighted by molar-refractivity contribution is 7.99. The van der Waals surface area contributed by atoms with Crippen molar-refractivity contribution in [2.24, 2.45) is 0 Å². The van der Waals surface area contributed by atoms with E-state index in [2.05, 4.69) is 4.74 Å². The second kappa shape index (κ2) is 6.48. The minimum absolute atomic E-state index is 0.170. The Morgan fingerprint density at radius 2 is 1.95 bits per heavy atom. The molecule has 0 amide bonds. The van der Waals surface area contributed by atoms with Crippen molar-refractivity contribution in [1.29, 1.82) is 0 Å². The highest BCUT2D eigenvalue weighted by Crippen LogP contribution is 2.33. The minimum Gasteiger partial charge on any atom is -0.507 e. The Balaban J connectivity index is 2.05. The van der Waals surface area contributed by atoms with Crippen LogP contribution in [0.25, 0.3) is 10.8 Å². The molecule has 1 N–H and O–H groups in total. The van der Waals surface area contributed by atoms with E-state index in [4.69, 9.17) is 0 Å². The summed E-state index contributed by atoms with van der Waals surface area (Å²) in [5, 5.41) is 11.7. The van der Waals surface area contributed by atoms with Crippen LogP contribution in [0.4, 0.5) is 0 Å². The predicted molar refractivity (Wildman–Crippen MR) is 77.6 cm³/mol. The molecule has 0 radical (unpaired) electrons. The molecule has 19 heavy (non-hydrogen) atoms. The van der Waals surface area contributed by atoms with E-state index in [-0.39, 0.29) is 5.97 Å². The standard InChI is InChI=1S/C15H16O3S/c1-18-15(17)7-4-10-19-14-9-8-13(16)11-5-2-3-6-12(11)14/h2-3,5-6,8-9,16H,4,7,10H2,1H3. The number of ether oxygens (including phenoxy) is 1. The van der Waals surface area contributed by atoms with Crippen LogP contribution in [-0.2, 0) is 9.53 Å². The highest BCUT2D eigenvalue weighted by atomic mass is 32.2. The summed E-state index contributed by atoms with van der Waals surface area (Å²) in [6.45, 7) is 0. The summed E-state index contributed by atoms with van der Waals surface area (Å²) in [5.74, 6) is 0.981. The molecule has 2 aromatic carbocycles. The number of rotatable bonds is 5. The Bertz CT molecular complexity index is 581. The third kappa shape index (κ3) is 3.41. The van der Waals surface area contributed by atoms with Crippen molar-refractivity contribution in [3.05, 3.63) is 36.4 Å². The smallest absolute Gasteiger partial charge is 0.305 e. The zero-order chi connectivity index (χ0) is 13.7. The molecule has 100 valence electrons. The number of methoxy groups -OCH3 is 1. The fourth-order valence-corrected chi connectivity index (χ4v) is 2.89. The number of carbonyl (C=O) groups excluding carboxylic acids is 1. The zero-order valence-corrected chi connectivity index (χ0v) is 11.6. The van der Waals surface area contributed by atoms with Gasteiger partial charge in [0.2, 0.25) is 0 Å². The van der Waals surface area contributed by atoms with Crippen LogP contribution in [-0.4, -0.2) is 23.9 Å². The summed E-state index contributed by atoms with van der Waals surface area (Å²) >= 11 is 1.69. The molecule has 0 aromatic heterocycles. The number of hydrogen-bond donors (Lipinski definition) is 1. The van der Waals surface area contributed by atoms with Gasteiger partial charge in [-0.2, -0.15) is 0 Å². The van der Waals surface area contributed by atoms with Crippen LogP contribution in [0.5, 0.6) is 5.75 Å². The molecule has 2 rings (SSSR count). The van der Waals surface area contributed by atoms with Gasteiger partial charge in [-0.25, -0.2) is 0 Å². The number of fused-ring (bicyclic) bond motifs is 1. The normalized spacial score (nSPS) is 10.6. The van der Waals surface area contributed by atoms with Crippen molar-refractivity contribution in [2.75, 3.05) is 12.9 Å². The molecule has 4 heteroatoms. The SMILES string of the molecule is COC(=O)CCCSc1ccc(O)c2ccccc12. The fraction of sp³-hybridized carbons (Fsp3) is 0.267. The van der Waals surface area contributed by atoms with E-state index in [9.17, 15) is 9.90 Å². The van der Waals surface area contributed by atoms with E-state index in [1.807, 2.05) is 30.3 Å². The molecular formula is C15H16O3S. The lowest BCUT2D eigenvalue weighted by Gasteiger charge is -2.07. The van der Waals surface area contributed by atoms with E-state index < -0.39 is 0 Å². The molecule has 0 unspecified atom stereocenters. The van der Waals surface area contributed by atoms with E-state index in [0.717, 1.165) is 27.8 Å². The molecular weight excluding hydrogens is 260 g/mol. The van der Waals surface area contributed by atoms with Gasteiger partial charge in [0.1, 0.15) is 5.75 Å². The summed E-state index contributed by atoms with van der Waals surface area (Å²) in [6.07, 6.45) is 1.23. The molecule has 0 atom stereocenters. The number of carbonyl (C=O) groups is 1. The van der Waals surface area contributed by atoms with Crippen LogP contribution < -0.4 is 0 Å². The van der Waals surface area contributed by atoms with Crippen LogP contribution in [0.3, 0.4) is 0 Å². The van der Waals surface area contributed by atoms with Crippen molar-refractivity contribution in [3.63, 3.8) is 0 Å². The Morgan fingerprint density at radius 1 is 1.21 bits per heavy atom. The summed E-state index contributed by atoms with van der Waals surface area (Å²) in [4.78, 5) is 12.1. The lowest BCUT2D eigenvalue weighted by molar-refractivity contribution is -0.140. The first-order valence-corrected chi connectivity index (χ1v) is 7.11. The Hall–Kier alpha value is -1.68. The maximum Gasteiger partial charge on any atom is 0.305 e. The molecule has 0 saturated carbocycles. The second-order valence-corrected chi connectivity index (χ2v) is 5.29. The zero-order valence-electron chi connectivity index (χ0n) is 10.8. The van der Waals surface area contributed by atoms with Gasteiger partial charge in [-0.1, -0.05) is 24.3 Å². The van der Waals surface area contributed by atoms with Gasteiger partial charge in [0, 0.05) is 16.7 Å². The van der Waals surface area contributed by atoms with Gasteiger partial charge in [-0.05, 0) is 29.7 Å². The monoisotopic (exact) mass is 276 g/mol. The molecule has 0 fully saturated rings. The first kappa shape index (κ1) is 13.7. The predicted octanol–water partition coefficient (Wildman–Crippen LogP) is 3.59. The van der Waals surface area contributed by atoms with Gasteiger partial charge < -0.3 is 9.84 Å². The molecule has 3 nitrogen and oxygen atoms in total.